The summed E-state index contributed by atoms with van der Waals surface area (Å²) in [7, 11) is 1.84. The zero-order chi connectivity index (χ0) is 15.4. The maximum Gasteiger partial charge on any atom is 0.139 e. The minimum absolute atomic E-state index is 0.227. The number of halogens is 1. The van der Waals surface area contributed by atoms with Gasteiger partial charge in [0.25, 0.3) is 0 Å². The molecule has 21 heavy (non-hydrogen) atoms. The van der Waals surface area contributed by atoms with Crippen molar-refractivity contribution in [2.45, 2.75) is 33.6 Å². The molecule has 0 atom stereocenters. The highest BCUT2D eigenvalue weighted by Gasteiger charge is 2.11. The van der Waals surface area contributed by atoms with E-state index < -0.39 is 0 Å². The minimum atomic E-state index is -0.227. The number of nitrogens with one attached hydrogen (secondary N) is 2. The fourth-order valence-corrected chi connectivity index (χ4v) is 2.13. The summed E-state index contributed by atoms with van der Waals surface area (Å²) >= 11 is 0. The lowest BCUT2D eigenvalue weighted by Gasteiger charge is -2.15. The molecule has 0 saturated carbocycles. The summed E-state index contributed by atoms with van der Waals surface area (Å²) in [6.07, 6.45) is 1.79. The maximum absolute atomic E-state index is 13.6. The smallest absolute Gasteiger partial charge is 0.139 e. The molecule has 2 N–H and O–H groups in total. The average Bonchev–Trinajstić information content (AvgIpc) is 2.47. The molecule has 4 nitrogen and oxygen atoms in total. The molecule has 2 aromatic rings. The molecule has 0 saturated heterocycles. The van der Waals surface area contributed by atoms with E-state index in [9.17, 15) is 4.39 Å². The van der Waals surface area contributed by atoms with Crippen LogP contribution in [0.4, 0.5) is 21.7 Å². The molecule has 0 aliphatic carbocycles. The second-order valence-electron chi connectivity index (χ2n) is 5.00. The van der Waals surface area contributed by atoms with Gasteiger partial charge in [-0.1, -0.05) is 13.0 Å². The Morgan fingerprint density at radius 1 is 1.10 bits per heavy atom. The lowest BCUT2D eigenvalue weighted by Crippen LogP contribution is -2.08. The van der Waals surface area contributed by atoms with Crippen LogP contribution in [-0.4, -0.2) is 17.0 Å². The summed E-state index contributed by atoms with van der Waals surface area (Å²) in [5, 5.41) is 6.30. The van der Waals surface area contributed by atoms with Crippen molar-refractivity contribution < 1.29 is 4.39 Å². The van der Waals surface area contributed by atoms with E-state index in [0.717, 1.165) is 35.7 Å². The van der Waals surface area contributed by atoms with Crippen LogP contribution < -0.4 is 10.6 Å². The molecule has 0 fully saturated rings. The van der Waals surface area contributed by atoms with Crippen molar-refractivity contribution in [2.75, 3.05) is 17.7 Å². The van der Waals surface area contributed by atoms with Gasteiger partial charge in [0.1, 0.15) is 23.3 Å². The predicted octanol–water partition coefficient (Wildman–Crippen LogP) is 3.97. The van der Waals surface area contributed by atoms with Crippen LogP contribution in [0.1, 0.15) is 30.3 Å². The van der Waals surface area contributed by atoms with Crippen LogP contribution in [0.15, 0.2) is 18.2 Å². The number of rotatable bonds is 5. The van der Waals surface area contributed by atoms with Crippen molar-refractivity contribution in [1.82, 2.24) is 9.97 Å². The zero-order valence-electron chi connectivity index (χ0n) is 12.9. The first-order valence-electron chi connectivity index (χ1n) is 7.14. The Morgan fingerprint density at radius 3 is 2.48 bits per heavy atom. The molecule has 0 aliphatic heterocycles. The van der Waals surface area contributed by atoms with Crippen molar-refractivity contribution in [3.05, 3.63) is 41.0 Å². The van der Waals surface area contributed by atoms with Crippen LogP contribution in [0.3, 0.4) is 0 Å². The van der Waals surface area contributed by atoms with Gasteiger partial charge in [0.05, 0.1) is 0 Å². The average molecular weight is 288 g/mol. The fraction of sp³-hybridized carbons (Fsp3) is 0.375. The third-order valence-electron chi connectivity index (χ3n) is 3.42. The van der Waals surface area contributed by atoms with Gasteiger partial charge < -0.3 is 10.6 Å². The van der Waals surface area contributed by atoms with Crippen molar-refractivity contribution in [2.24, 2.45) is 0 Å². The van der Waals surface area contributed by atoms with E-state index in [1.807, 2.05) is 20.0 Å². The van der Waals surface area contributed by atoms with Crippen LogP contribution in [0.2, 0.25) is 0 Å². The van der Waals surface area contributed by atoms with Crippen LogP contribution in [0.5, 0.6) is 0 Å². The molecule has 0 amide bonds. The molecule has 0 aliphatic rings. The number of aryl methyl sites for hydroxylation is 1. The van der Waals surface area contributed by atoms with Gasteiger partial charge in [-0.25, -0.2) is 14.4 Å². The number of benzene rings is 1. The third kappa shape index (κ3) is 3.29. The normalized spacial score (nSPS) is 10.5. The summed E-state index contributed by atoms with van der Waals surface area (Å²) in [6.45, 7) is 5.78. The van der Waals surface area contributed by atoms with Gasteiger partial charge in [-0.2, -0.15) is 0 Å². The predicted molar refractivity (Wildman–Crippen MR) is 84.7 cm³/mol. The number of aromatic nitrogens is 2. The monoisotopic (exact) mass is 288 g/mol. The standard InChI is InChI=1S/C16H21FN4/c1-5-7-14-20-15(18-4)11(3)16(21-14)19-13-9-6-8-12(17)10(13)2/h6,8-9H,5,7H2,1-4H3,(H2,18,19,20,21). The van der Waals surface area contributed by atoms with E-state index in [0.29, 0.717) is 11.4 Å². The molecule has 0 spiro atoms. The molecule has 1 aromatic heterocycles. The van der Waals surface area contributed by atoms with E-state index >= 15 is 0 Å². The Hall–Kier alpha value is -2.17. The van der Waals surface area contributed by atoms with Gasteiger partial charge >= 0.3 is 0 Å². The highest BCUT2D eigenvalue weighted by atomic mass is 19.1. The first-order chi connectivity index (χ1) is 10.1. The number of hydrogen-bond donors (Lipinski definition) is 2. The van der Waals surface area contributed by atoms with E-state index in [4.69, 9.17) is 0 Å². The molecular weight excluding hydrogens is 267 g/mol. The highest BCUT2D eigenvalue weighted by molar-refractivity contribution is 5.66. The van der Waals surface area contributed by atoms with Crippen LogP contribution in [-0.2, 0) is 6.42 Å². The molecule has 0 bridgehead atoms. The lowest BCUT2D eigenvalue weighted by atomic mass is 10.2. The number of anilines is 3. The van der Waals surface area contributed by atoms with Crippen LogP contribution >= 0.6 is 0 Å². The summed E-state index contributed by atoms with van der Waals surface area (Å²) in [4.78, 5) is 9.04. The van der Waals surface area contributed by atoms with Gasteiger partial charge in [0.2, 0.25) is 0 Å². The number of hydrogen-bond acceptors (Lipinski definition) is 4. The van der Waals surface area contributed by atoms with E-state index in [1.165, 1.54) is 6.07 Å². The second-order valence-corrected chi connectivity index (χ2v) is 5.00. The SMILES string of the molecule is CCCc1nc(NC)c(C)c(Nc2cccc(F)c2C)n1. The van der Waals surface area contributed by atoms with Gasteiger partial charge in [-0.15, -0.1) is 0 Å². The first-order valence-corrected chi connectivity index (χ1v) is 7.14. The largest absolute Gasteiger partial charge is 0.373 e. The van der Waals surface area contributed by atoms with Crippen LogP contribution in [0, 0.1) is 19.7 Å². The van der Waals surface area contributed by atoms with E-state index in [2.05, 4.69) is 27.5 Å². The quantitative estimate of drug-likeness (QED) is 0.874. The Balaban J connectivity index is 2.42. The molecule has 1 heterocycles. The van der Waals surface area contributed by atoms with Crippen LogP contribution in [0.25, 0.3) is 0 Å². The molecule has 5 heteroatoms. The summed E-state index contributed by atoms with van der Waals surface area (Å²) in [5.74, 6) is 2.06. The summed E-state index contributed by atoms with van der Waals surface area (Å²) in [6, 6.07) is 4.99. The van der Waals surface area contributed by atoms with Crippen molar-refractivity contribution in [3.8, 4) is 0 Å². The Bertz CT molecular complexity index is 640. The molecular formula is C16H21FN4. The Kier molecular flexibility index (Phi) is 4.73. The Morgan fingerprint density at radius 2 is 1.81 bits per heavy atom. The van der Waals surface area contributed by atoms with Crippen molar-refractivity contribution in [1.29, 1.82) is 0 Å². The van der Waals surface area contributed by atoms with E-state index in [-0.39, 0.29) is 5.82 Å². The van der Waals surface area contributed by atoms with Gasteiger partial charge in [0.15, 0.2) is 0 Å². The highest BCUT2D eigenvalue weighted by Crippen LogP contribution is 2.26. The number of nitrogens with zero attached hydrogens (tertiary/aromatic N) is 2. The topological polar surface area (TPSA) is 49.8 Å². The molecule has 1 aromatic carbocycles. The second kappa shape index (κ2) is 6.52. The maximum atomic E-state index is 13.6. The Labute approximate surface area is 124 Å². The van der Waals surface area contributed by atoms with Crippen molar-refractivity contribution >= 4 is 17.3 Å². The first kappa shape index (κ1) is 15.2. The zero-order valence-corrected chi connectivity index (χ0v) is 12.9. The van der Waals surface area contributed by atoms with Gasteiger partial charge in [-0.05, 0) is 32.4 Å². The minimum Gasteiger partial charge on any atom is -0.373 e. The summed E-state index contributed by atoms with van der Waals surface area (Å²) < 4.78 is 13.6. The summed E-state index contributed by atoms with van der Waals surface area (Å²) in [5.41, 5.74) is 2.22. The molecule has 0 radical (unpaired) electrons. The molecule has 112 valence electrons. The molecule has 2 rings (SSSR count). The van der Waals surface area contributed by atoms with Crippen molar-refractivity contribution in [3.63, 3.8) is 0 Å². The van der Waals surface area contributed by atoms with E-state index in [1.54, 1.807) is 13.0 Å². The molecule has 0 unspecified atom stereocenters. The van der Waals surface area contributed by atoms with Gasteiger partial charge in [-0.3, -0.25) is 0 Å². The third-order valence-corrected chi connectivity index (χ3v) is 3.42. The fourth-order valence-electron chi connectivity index (χ4n) is 2.13. The lowest BCUT2D eigenvalue weighted by molar-refractivity contribution is 0.619. The van der Waals surface area contributed by atoms with Gasteiger partial charge in [0, 0.05) is 30.3 Å².